The van der Waals surface area contributed by atoms with Gasteiger partial charge >= 0.3 is 0 Å². The normalized spacial score (nSPS) is 10.5. The van der Waals surface area contributed by atoms with Gasteiger partial charge in [0.25, 0.3) is 5.56 Å². The zero-order valence-corrected chi connectivity index (χ0v) is 14.2. The second-order valence-corrected chi connectivity index (χ2v) is 5.82. The minimum Gasteiger partial charge on any atom is -0.324 e. The molecule has 6 nitrogen and oxygen atoms in total. The molecule has 126 valence electrons. The predicted octanol–water partition coefficient (Wildman–Crippen LogP) is 2.91. The van der Waals surface area contributed by atoms with Crippen LogP contribution < -0.4 is 10.9 Å². The van der Waals surface area contributed by atoms with Gasteiger partial charge in [0.1, 0.15) is 6.54 Å². The molecule has 0 aliphatic rings. The molecule has 0 atom stereocenters. The van der Waals surface area contributed by atoms with Crippen molar-refractivity contribution >= 4 is 23.2 Å². The van der Waals surface area contributed by atoms with E-state index in [1.165, 1.54) is 6.07 Å². The molecule has 1 N–H and O–H groups in total. The lowest BCUT2D eigenvalue weighted by Gasteiger charge is -2.10. The molecule has 0 bridgehead atoms. The van der Waals surface area contributed by atoms with Crippen LogP contribution in [0.3, 0.4) is 0 Å². The van der Waals surface area contributed by atoms with Crippen molar-refractivity contribution in [3.8, 4) is 11.3 Å². The molecular weight excluding hydrogens is 340 g/mol. The van der Waals surface area contributed by atoms with Crippen LogP contribution in [0.5, 0.6) is 0 Å². The maximum absolute atomic E-state index is 12.3. The Bertz CT molecular complexity index is 970. The van der Waals surface area contributed by atoms with E-state index < -0.39 is 0 Å². The summed E-state index contributed by atoms with van der Waals surface area (Å²) < 4.78 is 1.12. The number of carbonyl (C=O) groups excluding carboxylic acids is 1. The van der Waals surface area contributed by atoms with Gasteiger partial charge in [-0.15, -0.1) is 0 Å². The van der Waals surface area contributed by atoms with Gasteiger partial charge in [0.15, 0.2) is 0 Å². The standard InChI is InChI=1S/C18H15ClN4O2/c1-12-14(19)5-2-6-15(12)21-17(24)11-23-18(25)8-7-16(22-23)13-4-3-9-20-10-13/h2-10H,11H2,1H3,(H,21,24). The van der Waals surface area contributed by atoms with Gasteiger partial charge in [-0.05, 0) is 42.8 Å². The topological polar surface area (TPSA) is 76.9 Å². The molecule has 0 saturated carbocycles. The molecule has 0 fully saturated rings. The number of halogens is 1. The van der Waals surface area contributed by atoms with E-state index in [-0.39, 0.29) is 18.0 Å². The summed E-state index contributed by atoms with van der Waals surface area (Å²) in [6, 6.07) is 11.8. The summed E-state index contributed by atoms with van der Waals surface area (Å²) in [7, 11) is 0. The smallest absolute Gasteiger partial charge is 0.267 e. The third-order valence-corrected chi connectivity index (χ3v) is 4.07. The SMILES string of the molecule is Cc1c(Cl)cccc1NC(=O)Cn1nc(-c2cccnc2)ccc1=O. The van der Waals surface area contributed by atoms with Crippen LogP contribution in [0.15, 0.2) is 59.7 Å². The molecule has 0 radical (unpaired) electrons. The van der Waals surface area contributed by atoms with E-state index in [0.717, 1.165) is 15.8 Å². The first kappa shape index (κ1) is 16.9. The predicted molar refractivity (Wildman–Crippen MR) is 96.5 cm³/mol. The number of nitrogens with zero attached hydrogens (tertiary/aromatic N) is 3. The van der Waals surface area contributed by atoms with Crippen LogP contribution in [0.1, 0.15) is 5.56 Å². The Morgan fingerprint density at radius 1 is 1.20 bits per heavy atom. The Hall–Kier alpha value is -2.99. The second kappa shape index (κ2) is 7.27. The molecule has 0 unspecified atom stereocenters. The molecular formula is C18H15ClN4O2. The van der Waals surface area contributed by atoms with Crippen molar-refractivity contribution in [2.24, 2.45) is 0 Å². The number of aromatic nitrogens is 3. The van der Waals surface area contributed by atoms with Crippen LogP contribution in [0.25, 0.3) is 11.3 Å². The summed E-state index contributed by atoms with van der Waals surface area (Å²) in [5.74, 6) is -0.358. The number of anilines is 1. The largest absolute Gasteiger partial charge is 0.324 e. The Labute approximate surface area is 149 Å². The van der Waals surface area contributed by atoms with Crippen molar-refractivity contribution < 1.29 is 4.79 Å². The maximum Gasteiger partial charge on any atom is 0.267 e. The number of rotatable bonds is 4. The summed E-state index contributed by atoms with van der Waals surface area (Å²) in [4.78, 5) is 28.3. The Morgan fingerprint density at radius 3 is 2.80 bits per heavy atom. The Morgan fingerprint density at radius 2 is 2.04 bits per heavy atom. The van der Waals surface area contributed by atoms with Crippen molar-refractivity contribution in [2.45, 2.75) is 13.5 Å². The van der Waals surface area contributed by atoms with Gasteiger partial charge in [0, 0.05) is 34.7 Å². The molecule has 2 aromatic heterocycles. The van der Waals surface area contributed by atoms with E-state index in [1.54, 1.807) is 42.7 Å². The van der Waals surface area contributed by atoms with E-state index in [2.05, 4.69) is 15.4 Å². The number of amides is 1. The van der Waals surface area contributed by atoms with Crippen LogP contribution in [0, 0.1) is 6.92 Å². The van der Waals surface area contributed by atoms with E-state index in [4.69, 9.17) is 11.6 Å². The number of hydrogen-bond donors (Lipinski definition) is 1. The van der Waals surface area contributed by atoms with Crippen LogP contribution in [0.2, 0.25) is 5.02 Å². The van der Waals surface area contributed by atoms with E-state index in [1.807, 2.05) is 13.0 Å². The van der Waals surface area contributed by atoms with Gasteiger partial charge in [-0.3, -0.25) is 14.6 Å². The molecule has 1 aromatic carbocycles. The fourth-order valence-corrected chi connectivity index (χ4v) is 2.47. The summed E-state index contributed by atoms with van der Waals surface area (Å²) >= 11 is 6.05. The zero-order valence-electron chi connectivity index (χ0n) is 13.4. The average Bonchev–Trinajstić information content (AvgIpc) is 2.61. The van der Waals surface area contributed by atoms with E-state index in [0.29, 0.717) is 16.4 Å². The molecule has 25 heavy (non-hydrogen) atoms. The number of nitrogens with one attached hydrogen (secondary N) is 1. The molecule has 0 spiro atoms. The quantitative estimate of drug-likeness (QED) is 0.781. The van der Waals surface area contributed by atoms with Crippen LogP contribution >= 0.6 is 11.6 Å². The van der Waals surface area contributed by atoms with Gasteiger partial charge < -0.3 is 5.32 Å². The maximum atomic E-state index is 12.3. The highest BCUT2D eigenvalue weighted by Crippen LogP contribution is 2.22. The molecule has 0 saturated heterocycles. The van der Waals surface area contributed by atoms with Gasteiger partial charge in [-0.25, -0.2) is 4.68 Å². The Balaban J connectivity index is 1.81. The lowest BCUT2D eigenvalue weighted by Crippen LogP contribution is -2.29. The van der Waals surface area contributed by atoms with Gasteiger partial charge in [-0.1, -0.05) is 17.7 Å². The monoisotopic (exact) mass is 354 g/mol. The van der Waals surface area contributed by atoms with Gasteiger partial charge in [0.05, 0.1) is 5.69 Å². The van der Waals surface area contributed by atoms with Crippen molar-refractivity contribution in [1.29, 1.82) is 0 Å². The summed E-state index contributed by atoms with van der Waals surface area (Å²) in [5.41, 5.74) is 2.35. The van der Waals surface area contributed by atoms with Crippen molar-refractivity contribution in [3.63, 3.8) is 0 Å². The van der Waals surface area contributed by atoms with Crippen LogP contribution in [-0.4, -0.2) is 20.7 Å². The summed E-state index contributed by atoms with van der Waals surface area (Å²) in [5, 5.41) is 7.55. The molecule has 0 aliphatic heterocycles. The first-order valence-electron chi connectivity index (χ1n) is 7.58. The first-order chi connectivity index (χ1) is 12.0. The highest BCUT2D eigenvalue weighted by atomic mass is 35.5. The summed E-state index contributed by atoms with van der Waals surface area (Å²) in [6.45, 7) is 1.62. The lowest BCUT2D eigenvalue weighted by molar-refractivity contribution is -0.117. The summed E-state index contributed by atoms with van der Waals surface area (Å²) in [6.07, 6.45) is 3.30. The third kappa shape index (κ3) is 3.92. The van der Waals surface area contributed by atoms with Gasteiger partial charge in [0.2, 0.25) is 5.91 Å². The fraction of sp³-hybridized carbons (Fsp3) is 0.111. The number of pyridine rings is 1. The van der Waals surface area contributed by atoms with Crippen molar-refractivity contribution in [1.82, 2.24) is 14.8 Å². The van der Waals surface area contributed by atoms with E-state index >= 15 is 0 Å². The Kier molecular flexibility index (Phi) is 4.90. The molecule has 7 heteroatoms. The number of benzene rings is 1. The minimum absolute atomic E-state index is 0.196. The molecule has 0 aliphatic carbocycles. The van der Waals surface area contributed by atoms with Crippen molar-refractivity contribution in [3.05, 3.63) is 75.8 Å². The average molecular weight is 355 g/mol. The number of hydrogen-bond acceptors (Lipinski definition) is 4. The van der Waals surface area contributed by atoms with Crippen LogP contribution in [-0.2, 0) is 11.3 Å². The molecule has 3 aromatic rings. The van der Waals surface area contributed by atoms with Crippen molar-refractivity contribution in [2.75, 3.05) is 5.32 Å². The minimum atomic E-state index is -0.358. The van der Waals surface area contributed by atoms with Crippen LogP contribution in [0.4, 0.5) is 5.69 Å². The molecule has 3 rings (SSSR count). The third-order valence-electron chi connectivity index (χ3n) is 3.66. The van der Waals surface area contributed by atoms with E-state index in [9.17, 15) is 9.59 Å². The first-order valence-corrected chi connectivity index (χ1v) is 7.96. The van der Waals surface area contributed by atoms with Gasteiger partial charge in [-0.2, -0.15) is 5.10 Å². The molecule has 2 heterocycles. The zero-order chi connectivity index (χ0) is 17.8. The number of carbonyl (C=O) groups is 1. The highest BCUT2D eigenvalue weighted by molar-refractivity contribution is 6.31. The second-order valence-electron chi connectivity index (χ2n) is 5.42. The fourth-order valence-electron chi connectivity index (χ4n) is 2.30. The highest BCUT2D eigenvalue weighted by Gasteiger charge is 2.10. The lowest BCUT2D eigenvalue weighted by atomic mass is 10.2. The molecule has 1 amide bonds.